The fourth-order valence-corrected chi connectivity index (χ4v) is 4.97. The molecule has 0 radical (unpaired) electrons. The molecule has 0 spiro atoms. The van der Waals surface area contributed by atoms with Gasteiger partial charge in [0.1, 0.15) is 5.82 Å². The lowest BCUT2D eigenvalue weighted by Gasteiger charge is -2.16. The van der Waals surface area contributed by atoms with Gasteiger partial charge in [-0.05, 0) is 71.8 Å². The third-order valence-corrected chi connectivity index (χ3v) is 6.98. The van der Waals surface area contributed by atoms with Crippen molar-refractivity contribution in [2.75, 3.05) is 4.72 Å². The lowest BCUT2D eigenvalue weighted by Crippen LogP contribution is -2.14. The zero-order valence-corrected chi connectivity index (χ0v) is 19.2. The summed E-state index contributed by atoms with van der Waals surface area (Å²) in [6.07, 6.45) is -3.23. The van der Waals surface area contributed by atoms with E-state index in [0.29, 0.717) is 16.6 Å². The summed E-state index contributed by atoms with van der Waals surface area (Å²) in [6.45, 7) is 0. The summed E-state index contributed by atoms with van der Waals surface area (Å²) < 4.78 is 84.2. The Kier molecular flexibility index (Phi) is 5.76. The Labute approximate surface area is 203 Å². The Hall–Kier alpha value is -4.18. The Balaban J connectivity index is 1.54. The van der Waals surface area contributed by atoms with Crippen LogP contribution in [0.25, 0.3) is 27.7 Å². The Morgan fingerprint density at radius 1 is 0.833 bits per heavy atom. The van der Waals surface area contributed by atoms with Gasteiger partial charge in [-0.1, -0.05) is 30.3 Å². The number of benzene rings is 4. The number of nitrogens with zero attached hydrogens (tertiary/aromatic N) is 2. The van der Waals surface area contributed by atoms with Gasteiger partial charge in [-0.25, -0.2) is 17.5 Å². The fraction of sp³-hybridized carbons (Fsp3) is 0.0385. The summed E-state index contributed by atoms with van der Waals surface area (Å²) in [5.74, 6) is -0.397. The molecular weight excluding hydrogens is 494 g/mol. The van der Waals surface area contributed by atoms with Gasteiger partial charge in [0.2, 0.25) is 0 Å². The number of hydrogen-bond donors (Lipinski definition) is 1. The quantitative estimate of drug-likeness (QED) is 0.269. The third-order valence-electron chi connectivity index (χ3n) is 5.58. The molecule has 5 nitrogen and oxygen atoms in total. The maximum Gasteiger partial charge on any atom is 0.417 e. The van der Waals surface area contributed by atoms with E-state index in [2.05, 4.69) is 9.82 Å². The van der Waals surface area contributed by atoms with Crippen molar-refractivity contribution in [3.63, 3.8) is 0 Å². The van der Waals surface area contributed by atoms with Crippen LogP contribution >= 0.6 is 0 Å². The molecule has 1 N–H and O–H groups in total. The fourth-order valence-electron chi connectivity index (χ4n) is 3.90. The van der Waals surface area contributed by atoms with Crippen LogP contribution in [0.5, 0.6) is 0 Å². The lowest BCUT2D eigenvalue weighted by atomic mass is 9.97. The minimum absolute atomic E-state index is 0.0637. The second kappa shape index (κ2) is 8.80. The van der Waals surface area contributed by atoms with Crippen LogP contribution in [0, 0.1) is 5.82 Å². The van der Waals surface area contributed by atoms with E-state index in [-0.39, 0.29) is 21.7 Å². The molecule has 5 aromatic rings. The molecule has 10 heteroatoms. The molecule has 0 unspecified atom stereocenters. The van der Waals surface area contributed by atoms with Crippen molar-refractivity contribution < 1.29 is 26.0 Å². The number of halogens is 4. The third kappa shape index (κ3) is 4.55. The molecule has 1 aromatic heterocycles. The molecule has 5 rings (SSSR count). The molecule has 0 amide bonds. The van der Waals surface area contributed by atoms with Crippen LogP contribution in [0.4, 0.5) is 23.2 Å². The molecule has 0 saturated carbocycles. The van der Waals surface area contributed by atoms with E-state index in [0.717, 1.165) is 6.07 Å². The summed E-state index contributed by atoms with van der Waals surface area (Å²) >= 11 is 0. The number of hydrogen-bond acceptors (Lipinski definition) is 3. The van der Waals surface area contributed by atoms with E-state index in [9.17, 15) is 26.0 Å². The summed E-state index contributed by atoms with van der Waals surface area (Å²) in [4.78, 5) is -0.0637. The minimum Gasteiger partial charge on any atom is -0.280 e. The first kappa shape index (κ1) is 23.6. The van der Waals surface area contributed by atoms with Gasteiger partial charge in [0.15, 0.2) is 0 Å². The zero-order chi connectivity index (χ0) is 25.5. The molecule has 4 aromatic carbocycles. The van der Waals surface area contributed by atoms with Crippen LogP contribution in [0.15, 0.2) is 102 Å². The van der Waals surface area contributed by atoms with Crippen LogP contribution in [-0.4, -0.2) is 18.2 Å². The first-order valence-corrected chi connectivity index (χ1v) is 12.1. The monoisotopic (exact) mass is 511 g/mol. The first-order chi connectivity index (χ1) is 17.1. The van der Waals surface area contributed by atoms with Crippen molar-refractivity contribution in [3.8, 4) is 16.8 Å². The second-order valence-corrected chi connectivity index (χ2v) is 9.67. The van der Waals surface area contributed by atoms with Gasteiger partial charge in [-0.15, -0.1) is 0 Å². The maximum absolute atomic E-state index is 14.0. The van der Waals surface area contributed by atoms with Gasteiger partial charge in [-0.3, -0.25) is 4.72 Å². The molecule has 36 heavy (non-hydrogen) atoms. The van der Waals surface area contributed by atoms with Crippen LogP contribution in [-0.2, 0) is 16.2 Å². The first-order valence-electron chi connectivity index (χ1n) is 10.6. The topological polar surface area (TPSA) is 64.0 Å². The van der Waals surface area contributed by atoms with Crippen molar-refractivity contribution in [2.45, 2.75) is 11.1 Å². The summed E-state index contributed by atoms with van der Waals surface area (Å²) in [6, 6.07) is 21.1. The number of fused-ring (bicyclic) bond motifs is 1. The number of rotatable bonds is 5. The molecule has 0 bridgehead atoms. The number of anilines is 1. The number of nitrogens with one attached hydrogen (secondary N) is 1. The number of aromatic nitrogens is 2. The van der Waals surface area contributed by atoms with E-state index >= 15 is 0 Å². The molecule has 0 fully saturated rings. The van der Waals surface area contributed by atoms with Crippen LogP contribution in [0.2, 0.25) is 0 Å². The highest BCUT2D eigenvalue weighted by molar-refractivity contribution is 7.92. The average Bonchev–Trinajstić information content (AvgIpc) is 3.27. The Morgan fingerprint density at radius 2 is 1.56 bits per heavy atom. The van der Waals surface area contributed by atoms with Crippen LogP contribution in [0.1, 0.15) is 5.56 Å². The smallest absolute Gasteiger partial charge is 0.280 e. The maximum atomic E-state index is 14.0. The highest BCUT2D eigenvalue weighted by atomic mass is 32.2. The van der Waals surface area contributed by atoms with Gasteiger partial charge >= 0.3 is 6.18 Å². The van der Waals surface area contributed by atoms with E-state index in [1.807, 2.05) is 0 Å². The molecule has 0 atom stereocenters. The van der Waals surface area contributed by atoms with Gasteiger partial charge < -0.3 is 0 Å². The van der Waals surface area contributed by atoms with Crippen molar-refractivity contribution >= 4 is 26.6 Å². The van der Waals surface area contributed by atoms with Gasteiger partial charge in [0.05, 0.1) is 27.9 Å². The SMILES string of the molecule is O=S(=O)(Nc1ccc(-c2ccc3c(cnn3-c3ccc(F)cc3)c2)c(C(F)(F)F)c1)c1ccccc1. The van der Waals surface area contributed by atoms with Crippen molar-refractivity contribution in [1.82, 2.24) is 9.78 Å². The summed E-state index contributed by atoms with van der Waals surface area (Å²) in [5, 5.41) is 4.86. The molecular formula is C26H17F4N3O2S. The number of sulfonamides is 1. The largest absolute Gasteiger partial charge is 0.417 e. The predicted octanol–water partition coefficient (Wildman–Crippen LogP) is 6.65. The molecule has 1 heterocycles. The predicted molar refractivity (Wildman–Crippen MR) is 129 cm³/mol. The molecule has 0 aliphatic heterocycles. The molecule has 0 aliphatic carbocycles. The van der Waals surface area contributed by atoms with Gasteiger partial charge in [0, 0.05) is 11.1 Å². The molecule has 182 valence electrons. The lowest BCUT2D eigenvalue weighted by molar-refractivity contribution is -0.137. The van der Waals surface area contributed by atoms with Crippen LogP contribution < -0.4 is 4.72 Å². The van der Waals surface area contributed by atoms with E-state index in [4.69, 9.17) is 0 Å². The zero-order valence-electron chi connectivity index (χ0n) is 18.4. The standard InChI is InChI=1S/C26H17F4N3O2S/c27-19-7-10-21(11-8-19)33-25-13-6-17(14-18(25)16-31-33)23-12-9-20(15-24(23)26(28,29)30)32-36(34,35)22-4-2-1-3-5-22/h1-16,32H. The Morgan fingerprint density at radius 3 is 2.25 bits per heavy atom. The molecule has 0 saturated heterocycles. The second-order valence-electron chi connectivity index (χ2n) is 7.98. The van der Waals surface area contributed by atoms with Crippen molar-refractivity contribution in [3.05, 3.63) is 109 Å². The summed E-state index contributed by atoms with van der Waals surface area (Å²) in [5.41, 5.74) is 0.213. The van der Waals surface area contributed by atoms with Crippen molar-refractivity contribution in [1.29, 1.82) is 0 Å². The highest BCUT2D eigenvalue weighted by Gasteiger charge is 2.34. The van der Waals surface area contributed by atoms with E-state index in [1.165, 1.54) is 60.8 Å². The van der Waals surface area contributed by atoms with Gasteiger partial charge in [-0.2, -0.15) is 18.3 Å². The average molecular weight is 512 g/mol. The van der Waals surface area contributed by atoms with E-state index in [1.54, 1.807) is 35.0 Å². The van der Waals surface area contributed by atoms with Gasteiger partial charge in [0.25, 0.3) is 10.0 Å². The number of alkyl halides is 3. The normalized spacial score (nSPS) is 12.1. The van der Waals surface area contributed by atoms with Crippen LogP contribution in [0.3, 0.4) is 0 Å². The highest BCUT2D eigenvalue weighted by Crippen LogP contribution is 2.40. The summed E-state index contributed by atoms with van der Waals surface area (Å²) in [7, 11) is -4.06. The van der Waals surface area contributed by atoms with Crippen molar-refractivity contribution in [2.24, 2.45) is 0 Å². The minimum atomic E-state index is -4.74. The molecule has 0 aliphatic rings. The van der Waals surface area contributed by atoms with E-state index < -0.39 is 27.6 Å². The Bertz CT molecular complexity index is 1660.